The number of nitrogens with two attached hydrogens (primary N) is 1. The molecular formula is C21H21ClN2O2. The molecular weight excluding hydrogens is 348 g/mol. The van der Waals surface area contributed by atoms with E-state index in [-0.39, 0.29) is 6.04 Å². The second-order valence-corrected chi connectivity index (χ2v) is 6.33. The zero-order valence-electron chi connectivity index (χ0n) is 14.6. The highest BCUT2D eigenvalue weighted by Gasteiger charge is 2.15. The van der Waals surface area contributed by atoms with E-state index in [1.807, 2.05) is 54.6 Å². The molecule has 2 N–H and O–H groups in total. The summed E-state index contributed by atoms with van der Waals surface area (Å²) in [6, 6.07) is 17.1. The molecule has 3 aromatic rings. The number of para-hydroxylation sites is 1. The van der Waals surface area contributed by atoms with Crippen molar-refractivity contribution < 1.29 is 9.47 Å². The lowest BCUT2D eigenvalue weighted by Crippen LogP contribution is -2.14. The highest BCUT2D eigenvalue weighted by Crippen LogP contribution is 2.34. The second-order valence-electron chi connectivity index (χ2n) is 5.92. The molecule has 0 aliphatic carbocycles. The molecule has 0 aliphatic heterocycles. The highest BCUT2D eigenvalue weighted by atomic mass is 35.5. The topological polar surface area (TPSA) is 57.4 Å². The van der Waals surface area contributed by atoms with Crippen molar-refractivity contribution in [2.24, 2.45) is 5.73 Å². The van der Waals surface area contributed by atoms with Crippen LogP contribution in [0.3, 0.4) is 0 Å². The highest BCUT2D eigenvalue weighted by molar-refractivity contribution is 6.31. The number of benzene rings is 2. The number of rotatable bonds is 7. The van der Waals surface area contributed by atoms with Gasteiger partial charge in [0.15, 0.2) is 11.5 Å². The Morgan fingerprint density at radius 1 is 1.00 bits per heavy atom. The first kappa shape index (κ1) is 18.2. The van der Waals surface area contributed by atoms with Gasteiger partial charge in [-0.3, -0.25) is 4.98 Å². The minimum atomic E-state index is -0.159. The molecule has 1 heterocycles. The first-order valence-corrected chi connectivity index (χ1v) is 8.74. The summed E-state index contributed by atoms with van der Waals surface area (Å²) in [5.41, 5.74) is 9.31. The van der Waals surface area contributed by atoms with Crippen LogP contribution >= 0.6 is 11.6 Å². The molecule has 0 saturated carbocycles. The van der Waals surface area contributed by atoms with Crippen LogP contribution in [0.15, 0.2) is 67.0 Å². The third-order valence-electron chi connectivity index (χ3n) is 4.18. The predicted octanol–water partition coefficient (Wildman–Crippen LogP) is 4.57. The standard InChI is InChI=1S/C21H21ClN2O2/c1-25-20-8-4-6-16(13-19(23)15-9-11-24-12-10-15)21(20)26-14-17-5-2-3-7-18(17)22/h2-12,19H,13-14,23H2,1H3. The van der Waals surface area contributed by atoms with Crippen LogP contribution in [0.5, 0.6) is 11.5 Å². The SMILES string of the molecule is COc1cccc(CC(N)c2ccncc2)c1OCc1ccccc1Cl. The Morgan fingerprint density at radius 3 is 2.46 bits per heavy atom. The van der Waals surface area contributed by atoms with Crippen LogP contribution in [0, 0.1) is 0 Å². The van der Waals surface area contributed by atoms with E-state index in [1.54, 1.807) is 19.5 Å². The minimum Gasteiger partial charge on any atom is -0.493 e. The smallest absolute Gasteiger partial charge is 0.164 e. The van der Waals surface area contributed by atoms with Crippen LogP contribution in [0.25, 0.3) is 0 Å². The first-order chi connectivity index (χ1) is 12.7. The molecule has 1 unspecified atom stereocenters. The van der Waals surface area contributed by atoms with Gasteiger partial charge in [-0.1, -0.05) is 41.9 Å². The van der Waals surface area contributed by atoms with E-state index in [1.165, 1.54) is 0 Å². The van der Waals surface area contributed by atoms with Crippen LogP contribution < -0.4 is 15.2 Å². The number of hydrogen-bond acceptors (Lipinski definition) is 4. The van der Waals surface area contributed by atoms with Gasteiger partial charge in [-0.25, -0.2) is 0 Å². The number of ether oxygens (including phenoxy) is 2. The molecule has 26 heavy (non-hydrogen) atoms. The zero-order valence-corrected chi connectivity index (χ0v) is 15.3. The van der Waals surface area contributed by atoms with Gasteiger partial charge in [0.05, 0.1) is 7.11 Å². The molecule has 0 amide bonds. The van der Waals surface area contributed by atoms with E-state index in [9.17, 15) is 0 Å². The summed E-state index contributed by atoms with van der Waals surface area (Å²) >= 11 is 6.23. The van der Waals surface area contributed by atoms with Gasteiger partial charge in [-0.05, 0) is 41.8 Å². The molecule has 4 nitrogen and oxygen atoms in total. The first-order valence-electron chi connectivity index (χ1n) is 8.36. The Kier molecular flexibility index (Phi) is 6.10. The Bertz CT molecular complexity index is 856. The second kappa shape index (κ2) is 8.70. The molecule has 0 saturated heterocycles. The lowest BCUT2D eigenvalue weighted by atomic mass is 9.99. The molecule has 134 valence electrons. The molecule has 0 fully saturated rings. The van der Waals surface area contributed by atoms with Gasteiger partial charge in [0.1, 0.15) is 6.61 Å². The maximum atomic E-state index is 6.37. The van der Waals surface area contributed by atoms with Crippen molar-refractivity contribution in [3.8, 4) is 11.5 Å². The largest absolute Gasteiger partial charge is 0.493 e. The summed E-state index contributed by atoms with van der Waals surface area (Å²) in [7, 11) is 1.63. The molecule has 0 aliphatic rings. The summed E-state index contributed by atoms with van der Waals surface area (Å²) < 4.78 is 11.6. The normalized spacial score (nSPS) is 11.8. The third kappa shape index (κ3) is 4.34. The molecule has 3 rings (SSSR count). The van der Waals surface area contributed by atoms with E-state index >= 15 is 0 Å². The van der Waals surface area contributed by atoms with E-state index in [4.69, 9.17) is 26.8 Å². The predicted molar refractivity (Wildman–Crippen MR) is 104 cm³/mol. The molecule has 2 aromatic carbocycles. The number of methoxy groups -OCH3 is 1. The Labute approximate surface area is 158 Å². The molecule has 0 spiro atoms. The number of nitrogens with zero attached hydrogens (tertiary/aromatic N) is 1. The van der Waals surface area contributed by atoms with Gasteiger partial charge in [0.2, 0.25) is 0 Å². The van der Waals surface area contributed by atoms with Crippen LogP contribution in [0.4, 0.5) is 0 Å². The van der Waals surface area contributed by atoms with Crippen molar-refractivity contribution >= 4 is 11.6 Å². The molecule has 1 aromatic heterocycles. The summed E-state index contributed by atoms with van der Waals surface area (Å²) in [5, 5.41) is 0.678. The average Bonchev–Trinajstić information content (AvgIpc) is 2.68. The zero-order chi connectivity index (χ0) is 18.4. The summed E-state index contributed by atoms with van der Waals surface area (Å²) in [6.07, 6.45) is 4.12. The fourth-order valence-electron chi connectivity index (χ4n) is 2.78. The van der Waals surface area contributed by atoms with Crippen LogP contribution in [-0.4, -0.2) is 12.1 Å². The van der Waals surface area contributed by atoms with Crippen molar-refractivity contribution in [1.82, 2.24) is 4.98 Å². The quantitative estimate of drug-likeness (QED) is 0.664. The van der Waals surface area contributed by atoms with Gasteiger partial charge >= 0.3 is 0 Å². The summed E-state index contributed by atoms with van der Waals surface area (Å²) in [6.45, 7) is 0.359. The maximum absolute atomic E-state index is 6.37. The van der Waals surface area contributed by atoms with E-state index in [0.717, 1.165) is 16.7 Å². The third-order valence-corrected chi connectivity index (χ3v) is 4.55. The lowest BCUT2D eigenvalue weighted by molar-refractivity contribution is 0.281. The Hall–Kier alpha value is -2.56. The van der Waals surface area contributed by atoms with E-state index in [0.29, 0.717) is 29.5 Å². The number of aromatic nitrogens is 1. The average molecular weight is 369 g/mol. The fraction of sp³-hybridized carbons (Fsp3) is 0.190. The number of hydrogen-bond donors (Lipinski definition) is 1. The van der Waals surface area contributed by atoms with Crippen LogP contribution in [-0.2, 0) is 13.0 Å². The fourth-order valence-corrected chi connectivity index (χ4v) is 2.97. The van der Waals surface area contributed by atoms with Crippen molar-refractivity contribution in [2.75, 3.05) is 7.11 Å². The van der Waals surface area contributed by atoms with Crippen molar-refractivity contribution in [3.63, 3.8) is 0 Å². The Morgan fingerprint density at radius 2 is 1.73 bits per heavy atom. The lowest BCUT2D eigenvalue weighted by Gasteiger charge is -2.18. The summed E-state index contributed by atoms with van der Waals surface area (Å²) in [5.74, 6) is 1.37. The van der Waals surface area contributed by atoms with E-state index in [2.05, 4.69) is 4.98 Å². The van der Waals surface area contributed by atoms with Crippen molar-refractivity contribution in [2.45, 2.75) is 19.1 Å². The van der Waals surface area contributed by atoms with Gasteiger partial charge in [-0.2, -0.15) is 0 Å². The molecule has 0 bridgehead atoms. The maximum Gasteiger partial charge on any atom is 0.164 e. The van der Waals surface area contributed by atoms with Crippen LogP contribution in [0.1, 0.15) is 22.7 Å². The summed E-state index contributed by atoms with van der Waals surface area (Å²) in [4.78, 5) is 4.04. The van der Waals surface area contributed by atoms with Crippen molar-refractivity contribution in [1.29, 1.82) is 0 Å². The number of pyridine rings is 1. The molecule has 0 radical (unpaired) electrons. The van der Waals surface area contributed by atoms with Gasteiger partial charge < -0.3 is 15.2 Å². The van der Waals surface area contributed by atoms with Gasteiger partial charge in [-0.15, -0.1) is 0 Å². The molecule has 5 heteroatoms. The van der Waals surface area contributed by atoms with Gasteiger partial charge in [0.25, 0.3) is 0 Å². The van der Waals surface area contributed by atoms with E-state index < -0.39 is 0 Å². The molecule has 1 atom stereocenters. The minimum absolute atomic E-state index is 0.159. The Balaban J connectivity index is 1.83. The monoisotopic (exact) mass is 368 g/mol. The van der Waals surface area contributed by atoms with Crippen molar-refractivity contribution in [3.05, 3.63) is 88.7 Å². The van der Waals surface area contributed by atoms with Crippen LogP contribution in [0.2, 0.25) is 5.02 Å². The number of halogens is 1. The van der Waals surface area contributed by atoms with Gasteiger partial charge in [0, 0.05) is 29.0 Å².